The summed E-state index contributed by atoms with van der Waals surface area (Å²) in [5.41, 5.74) is 0.116. The van der Waals surface area contributed by atoms with Gasteiger partial charge in [0.2, 0.25) is 5.91 Å². The average Bonchev–Trinajstić information content (AvgIpc) is 3.16. The van der Waals surface area contributed by atoms with Crippen LogP contribution in [0.1, 0.15) is 59.3 Å². The van der Waals surface area contributed by atoms with E-state index in [0.717, 1.165) is 32.1 Å². The van der Waals surface area contributed by atoms with Crippen LogP contribution in [-0.2, 0) is 9.59 Å². The van der Waals surface area contributed by atoms with Crippen molar-refractivity contribution < 1.29 is 14.7 Å². The molecule has 0 aromatic carbocycles. The van der Waals surface area contributed by atoms with Gasteiger partial charge >= 0.3 is 5.97 Å². The molecule has 1 amide bonds. The zero-order valence-corrected chi connectivity index (χ0v) is 13.5. The minimum atomic E-state index is -0.931. The Labute approximate surface area is 128 Å². The van der Waals surface area contributed by atoms with E-state index >= 15 is 0 Å². The van der Waals surface area contributed by atoms with E-state index in [1.165, 1.54) is 0 Å². The van der Waals surface area contributed by atoms with Crippen LogP contribution in [0.5, 0.6) is 0 Å². The minimum Gasteiger partial charge on any atom is -0.480 e. The summed E-state index contributed by atoms with van der Waals surface area (Å²) in [7, 11) is 0. The van der Waals surface area contributed by atoms with E-state index in [0.29, 0.717) is 12.3 Å². The number of unbranched alkanes of at least 4 members (excludes halogenated alkanes) is 3. The van der Waals surface area contributed by atoms with Gasteiger partial charge in [0.05, 0.1) is 0 Å². The lowest BCUT2D eigenvalue weighted by molar-refractivity contribution is -0.142. The van der Waals surface area contributed by atoms with Crippen LogP contribution in [0.25, 0.3) is 0 Å². The Bertz CT molecular complexity index is 384. The largest absolute Gasteiger partial charge is 0.480 e. The fourth-order valence-electron chi connectivity index (χ4n) is 2.79. The molecule has 21 heavy (non-hydrogen) atoms. The van der Waals surface area contributed by atoms with E-state index in [1.54, 1.807) is 0 Å². The van der Waals surface area contributed by atoms with Crippen molar-refractivity contribution in [2.75, 3.05) is 0 Å². The second-order valence-electron chi connectivity index (χ2n) is 7.14. The number of allylic oxidation sites excluding steroid dienone is 1. The second kappa shape index (κ2) is 7.62. The zero-order valence-electron chi connectivity index (χ0n) is 13.5. The van der Waals surface area contributed by atoms with Gasteiger partial charge in [-0.15, -0.1) is 6.58 Å². The first-order chi connectivity index (χ1) is 9.77. The first-order valence-corrected chi connectivity index (χ1v) is 7.91. The number of carboxylic acids is 1. The molecule has 1 aliphatic carbocycles. The number of carbonyl (C=O) groups excluding carboxylic acids is 1. The summed E-state index contributed by atoms with van der Waals surface area (Å²) in [4.78, 5) is 23.4. The molecule has 2 N–H and O–H groups in total. The third-order valence-electron chi connectivity index (χ3n) is 4.26. The maximum atomic E-state index is 12.1. The van der Waals surface area contributed by atoms with Crippen molar-refractivity contribution in [1.29, 1.82) is 0 Å². The summed E-state index contributed by atoms with van der Waals surface area (Å²) in [5.74, 6) is -0.652. The summed E-state index contributed by atoms with van der Waals surface area (Å²) >= 11 is 0. The Kier molecular flexibility index (Phi) is 6.43. The fourth-order valence-corrected chi connectivity index (χ4v) is 2.79. The highest BCUT2D eigenvalue weighted by molar-refractivity contribution is 5.86. The molecule has 0 saturated heterocycles. The smallest absolute Gasteiger partial charge is 0.326 e. The number of carbonyl (C=O) groups is 2. The van der Waals surface area contributed by atoms with Gasteiger partial charge in [0.25, 0.3) is 0 Å². The Balaban J connectivity index is 2.36. The van der Waals surface area contributed by atoms with E-state index in [-0.39, 0.29) is 17.2 Å². The van der Waals surface area contributed by atoms with Crippen LogP contribution in [0.2, 0.25) is 0 Å². The molecule has 1 fully saturated rings. The van der Waals surface area contributed by atoms with Gasteiger partial charge in [0.15, 0.2) is 0 Å². The molecule has 3 atom stereocenters. The molecule has 0 heterocycles. The molecule has 1 unspecified atom stereocenters. The van der Waals surface area contributed by atoms with Crippen LogP contribution < -0.4 is 5.32 Å². The first kappa shape index (κ1) is 17.7. The third-order valence-corrected chi connectivity index (χ3v) is 4.26. The molecular formula is C17H29NO3. The van der Waals surface area contributed by atoms with E-state index in [9.17, 15) is 14.7 Å². The normalized spacial score (nSPS) is 22.4. The van der Waals surface area contributed by atoms with Crippen LogP contribution in [0.3, 0.4) is 0 Å². The number of amides is 1. The molecule has 0 aliphatic heterocycles. The third kappa shape index (κ3) is 5.90. The monoisotopic (exact) mass is 295 g/mol. The van der Waals surface area contributed by atoms with Crippen molar-refractivity contribution in [3.8, 4) is 0 Å². The van der Waals surface area contributed by atoms with Gasteiger partial charge in [-0.25, -0.2) is 4.79 Å². The number of carboxylic acid groups (broad SMARTS) is 1. The molecule has 0 radical (unpaired) electrons. The molecule has 120 valence electrons. The van der Waals surface area contributed by atoms with E-state index < -0.39 is 12.0 Å². The molecule has 1 saturated carbocycles. The SMILES string of the molecule is C=CCCCCC[C@H](NC(=O)C1C[C@@H]1C(C)(C)C)C(=O)O. The molecule has 1 aliphatic rings. The number of aliphatic carboxylic acids is 1. The number of rotatable bonds is 9. The van der Waals surface area contributed by atoms with Crippen molar-refractivity contribution in [3.05, 3.63) is 12.7 Å². The maximum Gasteiger partial charge on any atom is 0.326 e. The lowest BCUT2D eigenvalue weighted by atomic mass is 9.89. The number of nitrogens with one attached hydrogen (secondary N) is 1. The average molecular weight is 295 g/mol. The van der Waals surface area contributed by atoms with Gasteiger partial charge in [0, 0.05) is 5.92 Å². The summed E-state index contributed by atoms with van der Waals surface area (Å²) in [6.07, 6.45) is 7.03. The van der Waals surface area contributed by atoms with Gasteiger partial charge in [-0.3, -0.25) is 4.79 Å². The Morgan fingerprint density at radius 3 is 2.48 bits per heavy atom. The number of hydrogen-bond acceptors (Lipinski definition) is 2. The minimum absolute atomic E-state index is 0.00684. The topological polar surface area (TPSA) is 66.4 Å². The molecule has 0 bridgehead atoms. The fraction of sp³-hybridized carbons (Fsp3) is 0.765. The predicted molar refractivity (Wildman–Crippen MR) is 83.9 cm³/mol. The quantitative estimate of drug-likeness (QED) is 0.506. The molecule has 1 rings (SSSR count). The van der Waals surface area contributed by atoms with Gasteiger partial charge in [-0.05, 0) is 37.0 Å². The van der Waals surface area contributed by atoms with E-state index in [2.05, 4.69) is 32.7 Å². The Morgan fingerprint density at radius 1 is 1.33 bits per heavy atom. The summed E-state index contributed by atoms with van der Waals surface area (Å²) in [6, 6.07) is -0.748. The highest BCUT2D eigenvalue weighted by Crippen LogP contribution is 2.50. The zero-order chi connectivity index (χ0) is 16.0. The molecule has 0 aromatic rings. The van der Waals surface area contributed by atoms with Crippen molar-refractivity contribution >= 4 is 11.9 Å². The van der Waals surface area contributed by atoms with Crippen molar-refractivity contribution in [3.63, 3.8) is 0 Å². The lowest BCUT2D eigenvalue weighted by Gasteiger charge is -2.19. The standard InChI is InChI=1S/C17H29NO3/c1-5-6-7-8-9-10-14(16(20)21)18-15(19)12-11-13(12)17(2,3)4/h5,12-14H,1,6-11H2,2-4H3,(H,18,19)(H,20,21)/t12?,13-,14-/m0/s1. The van der Waals surface area contributed by atoms with Crippen LogP contribution in [0, 0.1) is 17.3 Å². The van der Waals surface area contributed by atoms with Crippen molar-refractivity contribution in [2.45, 2.75) is 65.3 Å². The maximum absolute atomic E-state index is 12.1. The Morgan fingerprint density at radius 2 is 2.00 bits per heavy atom. The van der Waals surface area contributed by atoms with Crippen LogP contribution in [0.4, 0.5) is 0 Å². The predicted octanol–water partition coefficient (Wildman–Crippen LogP) is 3.37. The highest BCUT2D eigenvalue weighted by Gasteiger charge is 2.49. The molecule has 4 nitrogen and oxygen atoms in total. The van der Waals surface area contributed by atoms with Gasteiger partial charge in [0.1, 0.15) is 6.04 Å². The molecule has 0 spiro atoms. The molecular weight excluding hydrogens is 266 g/mol. The summed E-state index contributed by atoms with van der Waals surface area (Å²) in [6.45, 7) is 10.0. The van der Waals surface area contributed by atoms with Gasteiger partial charge < -0.3 is 10.4 Å². The summed E-state index contributed by atoms with van der Waals surface area (Å²) in [5, 5.41) is 11.9. The van der Waals surface area contributed by atoms with E-state index in [4.69, 9.17) is 0 Å². The molecule has 4 heteroatoms. The van der Waals surface area contributed by atoms with Crippen LogP contribution in [-0.4, -0.2) is 23.0 Å². The lowest BCUT2D eigenvalue weighted by Crippen LogP contribution is -2.42. The summed E-state index contributed by atoms with van der Waals surface area (Å²) < 4.78 is 0. The van der Waals surface area contributed by atoms with Gasteiger partial charge in [-0.2, -0.15) is 0 Å². The van der Waals surface area contributed by atoms with Gasteiger partial charge in [-0.1, -0.05) is 39.7 Å². The molecule has 0 aromatic heterocycles. The van der Waals surface area contributed by atoms with Crippen molar-refractivity contribution in [1.82, 2.24) is 5.32 Å². The van der Waals surface area contributed by atoms with Crippen LogP contribution in [0.15, 0.2) is 12.7 Å². The van der Waals surface area contributed by atoms with Crippen LogP contribution >= 0.6 is 0 Å². The second-order valence-corrected chi connectivity index (χ2v) is 7.14. The van der Waals surface area contributed by atoms with E-state index in [1.807, 2.05) is 6.08 Å². The van der Waals surface area contributed by atoms with Crippen molar-refractivity contribution in [2.24, 2.45) is 17.3 Å². The highest BCUT2D eigenvalue weighted by atomic mass is 16.4. The number of hydrogen-bond donors (Lipinski definition) is 2. The first-order valence-electron chi connectivity index (χ1n) is 7.91. The Hall–Kier alpha value is -1.32.